The predicted octanol–water partition coefficient (Wildman–Crippen LogP) is 6.04. The van der Waals surface area contributed by atoms with Crippen LogP contribution in [-0.2, 0) is 0 Å². The van der Waals surface area contributed by atoms with Crippen molar-refractivity contribution in [1.29, 1.82) is 0 Å². The largest absolute Gasteiger partial charge is 0.309 e. The van der Waals surface area contributed by atoms with E-state index in [2.05, 4.69) is 86.6 Å². The Morgan fingerprint density at radius 3 is 2.38 bits per heavy atom. The van der Waals surface area contributed by atoms with Gasteiger partial charge in [-0.1, -0.05) is 34.1 Å². The van der Waals surface area contributed by atoms with Crippen molar-refractivity contribution in [3.63, 3.8) is 0 Å². The molecule has 1 heterocycles. The minimum Gasteiger partial charge on any atom is -0.309 e. The molecule has 0 radical (unpaired) electrons. The molecule has 0 aliphatic carbocycles. The number of benzene rings is 2. The predicted molar refractivity (Wildman–Crippen MR) is 99.3 cm³/mol. The lowest BCUT2D eigenvalue weighted by atomic mass is 10.0. The number of nitrogens with one attached hydrogen (secondary N) is 1. The Morgan fingerprint density at radius 2 is 1.71 bits per heavy atom. The standard InChI is InChI=1S/C17H15Br2NS/c1-10-7-15(19)17(21-10)16(20-2)13-4-3-12-9-14(18)6-5-11(12)8-13/h3-9,16,20H,1-2H3. The average Bonchev–Trinajstić information content (AvgIpc) is 2.79. The molecule has 0 saturated carbocycles. The second-order valence-electron chi connectivity index (χ2n) is 5.04. The maximum atomic E-state index is 3.68. The van der Waals surface area contributed by atoms with Crippen LogP contribution in [0.1, 0.15) is 21.4 Å². The number of fused-ring (bicyclic) bond motifs is 1. The van der Waals surface area contributed by atoms with Crippen molar-refractivity contribution in [2.24, 2.45) is 0 Å². The molecule has 0 amide bonds. The molecule has 0 bridgehead atoms. The Balaban J connectivity index is 2.08. The second-order valence-corrected chi connectivity index (χ2v) is 8.10. The van der Waals surface area contributed by atoms with Crippen molar-refractivity contribution >= 4 is 54.0 Å². The van der Waals surface area contributed by atoms with E-state index >= 15 is 0 Å². The summed E-state index contributed by atoms with van der Waals surface area (Å²) >= 11 is 9.04. The highest BCUT2D eigenvalue weighted by Crippen LogP contribution is 2.36. The first kappa shape index (κ1) is 15.2. The zero-order valence-electron chi connectivity index (χ0n) is 11.8. The molecule has 0 saturated heterocycles. The van der Waals surface area contributed by atoms with Crippen LogP contribution in [0.2, 0.25) is 0 Å². The Hall–Kier alpha value is -0.680. The highest BCUT2D eigenvalue weighted by molar-refractivity contribution is 9.10. The molecular formula is C17H15Br2NS. The summed E-state index contributed by atoms with van der Waals surface area (Å²) in [6.45, 7) is 2.14. The lowest BCUT2D eigenvalue weighted by molar-refractivity contribution is 0.702. The van der Waals surface area contributed by atoms with Gasteiger partial charge < -0.3 is 5.32 Å². The van der Waals surface area contributed by atoms with Gasteiger partial charge in [-0.05, 0) is 70.5 Å². The summed E-state index contributed by atoms with van der Waals surface area (Å²) in [4.78, 5) is 2.65. The van der Waals surface area contributed by atoms with Gasteiger partial charge in [0.15, 0.2) is 0 Å². The van der Waals surface area contributed by atoms with Crippen molar-refractivity contribution in [1.82, 2.24) is 5.32 Å². The molecule has 4 heteroatoms. The topological polar surface area (TPSA) is 12.0 Å². The van der Waals surface area contributed by atoms with E-state index in [1.165, 1.54) is 30.6 Å². The molecule has 1 unspecified atom stereocenters. The fourth-order valence-corrected chi connectivity index (χ4v) is 4.96. The van der Waals surface area contributed by atoms with Gasteiger partial charge in [0.2, 0.25) is 0 Å². The minimum absolute atomic E-state index is 0.214. The summed E-state index contributed by atoms with van der Waals surface area (Å²) in [6.07, 6.45) is 0. The zero-order chi connectivity index (χ0) is 15.0. The van der Waals surface area contributed by atoms with E-state index < -0.39 is 0 Å². The highest BCUT2D eigenvalue weighted by atomic mass is 79.9. The SMILES string of the molecule is CNC(c1ccc2cc(Br)ccc2c1)c1sc(C)cc1Br. The van der Waals surface area contributed by atoms with E-state index in [-0.39, 0.29) is 6.04 Å². The summed E-state index contributed by atoms with van der Waals surface area (Å²) in [5, 5.41) is 5.95. The molecule has 0 fully saturated rings. The number of hydrogen-bond donors (Lipinski definition) is 1. The van der Waals surface area contributed by atoms with E-state index in [4.69, 9.17) is 0 Å². The first-order chi connectivity index (χ1) is 10.1. The smallest absolute Gasteiger partial charge is 0.0680 e. The van der Waals surface area contributed by atoms with Gasteiger partial charge in [0.1, 0.15) is 0 Å². The van der Waals surface area contributed by atoms with Crippen LogP contribution in [0.3, 0.4) is 0 Å². The van der Waals surface area contributed by atoms with Crippen molar-refractivity contribution in [2.75, 3.05) is 7.05 Å². The number of hydrogen-bond acceptors (Lipinski definition) is 2. The normalized spacial score (nSPS) is 12.8. The van der Waals surface area contributed by atoms with E-state index in [9.17, 15) is 0 Å². The van der Waals surface area contributed by atoms with Gasteiger partial charge in [0.05, 0.1) is 6.04 Å². The van der Waals surface area contributed by atoms with E-state index in [0.717, 1.165) is 4.47 Å². The van der Waals surface area contributed by atoms with Crippen molar-refractivity contribution in [2.45, 2.75) is 13.0 Å². The molecule has 0 aliphatic heterocycles. The summed E-state index contributed by atoms with van der Waals surface area (Å²) in [5.74, 6) is 0. The van der Waals surface area contributed by atoms with Crippen molar-refractivity contribution in [3.8, 4) is 0 Å². The molecular weight excluding hydrogens is 410 g/mol. The van der Waals surface area contributed by atoms with Crippen LogP contribution in [0, 0.1) is 6.92 Å². The molecule has 1 aromatic heterocycles. The van der Waals surface area contributed by atoms with Crippen LogP contribution in [0.25, 0.3) is 10.8 Å². The first-order valence-corrected chi connectivity index (χ1v) is 9.11. The molecule has 3 rings (SSSR count). The van der Waals surface area contributed by atoms with Crippen LogP contribution in [0.15, 0.2) is 51.4 Å². The van der Waals surface area contributed by atoms with E-state index in [1.54, 1.807) is 0 Å². The summed E-state index contributed by atoms with van der Waals surface area (Å²) in [7, 11) is 2.01. The molecule has 108 valence electrons. The van der Waals surface area contributed by atoms with Crippen LogP contribution in [0.5, 0.6) is 0 Å². The van der Waals surface area contributed by atoms with Crippen molar-refractivity contribution < 1.29 is 0 Å². The monoisotopic (exact) mass is 423 g/mol. The zero-order valence-corrected chi connectivity index (χ0v) is 15.8. The van der Waals surface area contributed by atoms with E-state index in [1.807, 2.05) is 18.4 Å². The molecule has 21 heavy (non-hydrogen) atoms. The third-order valence-corrected chi connectivity index (χ3v) is 6.07. The van der Waals surface area contributed by atoms with Gasteiger partial charge in [0.25, 0.3) is 0 Å². The van der Waals surface area contributed by atoms with Crippen LogP contribution < -0.4 is 5.32 Å². The molecule has 1 atom stereocenters. The van der Waals surface area contributed by atoms with Crippen molar-refractivity contribution in [3.05, 3.63) is 66.7 Å². The molecule has 1 nitrogen and oxygen atoms in total. The number of thiophene rings is 1. The van der Waals surface area contributed by atoms with Crippen LogP contribution in [-0.4, -0.2) is 7.05 Å². The molecule has 2 aromatic carbocycles. The number of aryl methyl sites for hydroxylation is 1. The highest BCUT2D eigenvalue weighted by Gasteiger charge is 2.17. The van der Waals surface area contributed by atoms with Gasteiger partial charge >= 0.3 is 0 Å². The van der Waals surface area contributed by atoms with Crippen LogP contribution >= 0.6 is 43.2 Å². The maximum absolute atomic E-state index is 3.68. The van der Waals surface area contributed by atoms with Gasteiger partial charge in [-0.3, -0.25) is 0 Å². The third-order valence-electron chi connectivity index (χ3n) is 3.55. The quantitative estimate of drug-likeness (QED) is 0.540. The fourth-order valence-electron chi connectivity index (χ4n) is 2.56. The third kappa shape index (κ3) is 3.09. The Kier molecular flexibility index (Phi) is 4.50. The van der Waals surface area contributed by atoms with Crippen LogP contribution in [0.4, 0.5) is 0 Å². The first-order valence-electron chi connectivity index (χ1n) is 6.71. The fraction of sp³-hybridized carbons (Fsp3) is 0.176. The molecule has 0 aliphatic rings. The minimum atomic E-state index is 0.214. The summed E-state index contributed by atoms with van der Waals surface area (Å²) in [6, 6.07) is 15.5. The van der Waals surface area contributed by atoms with Gasteiger partial charge in [0, 0.05) is 18.7 Å². The molecule has 3 aromatic rings. The second kappa shape index (κ2) is 6.21. The maximum Gasteiger partial charge on any atom is 0.0680 e. The molecule has 0 spiro atoms. The Bertz CT molecular complexity index is 795. The summed E-state index contributed by atoms with van der Waals surface area (Å²) < 4.78 is 2.30. The summed E-state index contributed by atoms with van der Waals surface area (Å²) in [5.41, 5.74) is 1.29. The lowest BCUT2D eigenvalue weighted by Gasteiger charge is -2.17. The van der Waals surface area contributed by atoms with Gasteiger partial charge in [-0.2, -0.15) is 0 Å². The number of rotatable bonds is 3. The number of halogens is 2. The Labute approximate surface area is 145 Å². The van der Waals surface area contributed by atoms with Gasteiger partial charge in [-0.15, -0.1) is 11.3 Å². The lowest BCUT2D eigenvalue weighted by Crippen LogP contribution is -2.16. The van der Waals surface area contributed by atoms with Gasteiger partial charge in [-0.25, -0.2) is 0 Å². The van der Waals surface area contributed by atoms with E-state index in [0.29, 0.717) is 0 Å². The Morgan fingerprint density at radius 1 is 1.00 bits per heavy atom. The molecule has 1 N–H and O–H groups in total. The average molecular weight is 425 g/mol.